The van der Waals surface area contributed by atoms with E-state index in [0.29, 0.717) is 32.8 Å². The standard InChI is InChI=1S/C17H17ClFN2O3PS2/c1-5-9-27-17-20-11(2)12(10-13-14(18)7-6-8-15(13)19)16(21-17)24-25(26,22-3)23-4/h1,6-8H,9-10H2,2-4H3. The van der Waals surface area contributed by atoms with Crippen LogP contribution in [0.2, 0.25) is 5.02 Å². The Morgan fingerprint density at radius 2 is 2.00 bits per heavy atom. The highest BCUT2D eigenvalue weighted by Crippen LogP contribution is 2.49. The molecule has 1 heterocycles. The van der Waals surface area contributed by atoms with E-state index in [2.05, 4.69) is 15.9 Å². The molecule has 0 N–H and O–H groups in total. The maximum atomic E-state index is 14.3. The first kappa shape index (κ1) is 22.1. The van der Waals surface area contributed by atoms with Crippen LogP contribution in [-0.4, -0.2) is 29.9 Å². The van der Waals surface area contributed by atoms with Crippen LogP contribution in [0.4, 0.5) is 4.39 Å². The van der Waals surface area contributed by atoms with Crippen molar-refractivity contribution in [3.63, 3.8) is 0 Å². The Morgan fingerprint density at radius 1 is 1.30 bits per heavy atom. The fourth-order valence-electron chi connectivity index (χ4n) is 2.13. The van der Waals surface area contributed by atoms with Gasteiger partial charge in [-0.2, -0.15) is 4.98 Å². The minimum absolute atomic E-state index is 0.121. The van der Waals surface area contributed by atoms with Crippen molar-refractivity contribution in [2.45, 2.75) is 18.5 Å². The monoisotopic (exact) mass is 446 g/mol. The Hall–Kier alpha value is -1.20. The zero-order valence-corrected chi connectivity index (χ0v) is 18.1. The van der Waals surface area contributed by atoms with Crippen molar-refractivity contribution >= 4 is 41.9 Å². The number of aryl methyl sites for hydroxylation is 1. The van der Waals surface area contributed by atoms with Gasteiger partial charge in [0.1, 0.15) is 5.82 Å². The Morgan fingerprint density at radius 3 is 2.59 bits per heavy atom. The first-order chi connectivity index (χ1) is 12.8. The molecule has 0 unspecified atom stereocenters. The minimum Gasteiger partial charge on any atom is -0.405 e. The molecular formula is C17H17ClFN2O3PS2. The van der Waals surface area contributed by atoms with Gasteiger partial charge in [-0.15, -0.1) is 6.42 Å². The number of halogens is 2. The predicted molar refractivity (Wildman–Crippen MR) is 109 cm³/mol. The van der Waals surface area contributed by atoms with E-state index >= 15 is 0 Å². The van der Waals surface area contributed by atoms with Gasteiger partial charge in [0.25, 0.3) is 0 Å². The van der Waals surface area contributed by atoms with Gasteiger partial charge < -0.3 is 13.6 Å². The van der Waals surface area contributed by atoms with Crippen molar-refractivity contribution in [2.75, 3.05) is 20.0 Å². The van der Waals surface area contributed by atoms with Crippen LogP contribution in [0, 0.1) is 25.1 Å². The maximum Gasteiger partial charge on any atom is 0.381 e. The van der Waals surface area contributed by atoms with Crippen molar-refractivity contribution in [3.8, 4) is 18.2 Å². The average Bonchev–Trinajstić information content (AvgIpc) is 2.64. The van der Waals surface area contributed by atoms with Gasteiger partial charge in [0.05, 0.1) is 5.75 Å². The molecule has 2 rings (SSSR count). The lowest BCUT2D eigenvalue weighted by Gasteiger charge is -2.20. The summed E-state index contributed by atoms with van der Waals surface area (Å²) in [6.07, 6.45) is 5.42. The summed E-state index contributed by atoms with van der Waals surface area (Å²) in [4.78, 5) is 8.79. The van der Waals surface area contributed by atoms with Crippen LogP contribution < -0.4 is 4.52 Å². The largest absolute Gasteiger partial charge is 0.405 e. The number of thioether (sulfide) groups is 1. The zero-order chi connectivity index (χ0) is 20.0. The molecule has 10 heteroatoms. The molecular weight excluding hydrogens is 430 g/mol. The van der Waals surface area contributed by atoms with Gasteiger partial charge in [-0.3, -0.25) is 0 Å². The third-order valence-corrected chi connectivity index (χ3v) is 7.02. The summed E-state index contributed by atoms with van der Waals surface area (Å²) in [6, 6.07) is 4.49. The Balaban J connectivity index is 2.54. The molecule has 0 amide bonds. The maximum absolute atomic E-state index is 14.3. The SMILES string of the molecule is C#CCSc1nc(C)c(Cc2c(F)cccc2Cl)c(OP(=S)(OC)OC)n1. The summed E-state index contributed by atoms with van der Waals surface area (Å²) >= 11 is 12.7. The second kappa shape index (κ2) is 9.83. The molecule has 0 aliphatic rings. The molecule has 144 valence electrons. The Labute approximate surface area is 172 Å². The molecule has 1 aromatic heterocycles. The molecule has 0 atom stereocenters. The number of aromatic nitrogens is 2. The molecule has 5 nitrogen and oxygen atoms in total. The molecule has 0 saturated heterocycles. The van der Waals surface area contributed by atoms with Crippen LogP contribution in [0.15, 0.2) is 23.4 Å². The molecule has 1 aromatic carbocycles. The van der Waals surface area contributed by atoms with Crippen molar-refractivity contribution in [1.82, 2.24) is 9.97 Å². The summed E-state index contributed by atoms with van der Waals surface area (Å²) in [6.45, 7) is -1.29. The molecule has 0 radical (unpaired) electrons. The molecule has 2 aromatic rings. The highest BCUT2D eigenvalue weighted by atomic mass is 35.5. The van der Waals surface area contributed by atoms with E-state index in [-0.39, 0.29) is 12.3 Å². The minimum atomic E-state index is -3.06. The van der Waals surface area contributed by atoms with Gasteiger partial charge in [-0.25, -0.2) is 9.37 Å². The van der Waals surface area contributed by atoms with Crippen LogP contribution in [0.25, 0.3) is 0 Å². The summed E-state index contributed by atoms with van der Waals surface area (Å²) in [5.41, 5.74) is 1.44. The third kappa shape index (κ3) is 5.64. The quantitative estimate of drug-likeness (QED) is 0.250. The highest BCUT2D eigenvalue weighted by molar-refractivity contribution is 8.07. The van der Waals surface area contributed by atoms with E-state index in [4.69, 9.17) is 43.4 Å². The predicted octanol–water partition coefficient (Wildman–Crippen LogP) is 4.79. The fraction of sp³-hybridized carbons (Fsp3) is 0.294. The topological polar surface area (TPSA) is 53.5 Å². The number of benzene rings is 1. The number of nitrogens with zero attached hydrogens (tertiary/aromatic N) is 2. The van der Waals surface area contributed by atoms with Gasteiger partial charge in [0.15, 0.2) is 5.16 Å². The molecule has 0 aliphatic carbocycles. The smallest absolute Gasteiger partial charge is 0.381 e. The Kier molecular flexibility index (Phi) is 8.04. The van der Waals surface area contributed by atoms with Crippen LogP contribution in [-0.2, 0) is 27.3 Å². The van der Waals surface area contributed by atoms with E-state index in [0.717, 1.165) is 0 Å². The summed E-state index contributed by atoms with van der Waals surface area (Å²) < 4.78 is 30.4. The zero-order valence-electron chi connectivity index (χ0n) is 14.9. The van der Waals surface area contributed by atoms with Crippen LogP contribution >= 0.6 is 30.1 Å². The van der Waals surface area contributed by atoms with Crippen LogP contribution in [0.3, 0.4) is 0 Å². The normalized spacial score (nSPS) is 11.3. The van der Waals surface area contributed by atoms with Gasteiger partial charge in [-0.05, 0) is 19.1 Å². The number of rotatable bonds is 8. The second-order valence-corrected chi connectivity index (χ2v) is 9.65. The highest BCUT2D eigenvalue weighted by Gasteiger charge is 2.25. The molecule has 0 bridgehead atoms. The van der Waals surface area contributed by atoms with Crippen LogP contribution in [0.1, 0.15) is 16.8 Å². The molecule has 0 saturated carbocycles. The van der Waals surface area contributed by atoms with E-state index in [9.17, 15) is 4.39 Å². The fourth-order valence-corrected chi connectivity index (χ4v) is 3.79. The van der Waals surface area contributed by atoms with Crippen molar-refractivity contribution in [1.29, 1.82) is 0 Å². The first-order valence-corrected chi connectivity index (χ1v) is 11.5. The van der Waals surface area contributed by atoms with E-state index < -0.39 is 12.5 Å². The van der Waals surface area contributed by atoms with E-state index in [1.54, 1.807) is 13.0 Å². The molecule has 0 spiro atoms. The lowest BCUT2D eigenvalue weighted by atomic mass is 10.0. The van der Waals surface area contributed by atoms with Crippen LogP contribution in [0.5, 0.6) is 5.88 Å². The molecule has 27 heavy (non-hydrogen) atoms. The summed E-state index contributed by atoms with van der Waals surface area (Å²) in [5, 5.41) is 0.710. The van der Waals surface area contributed by atoms with E-state index in [1.807, 2.05) is 0 Å². The van der Waals surface area contributed by atoms with E-state index in [1.165, 1.54) is 38.1 Å². The average molecular weight is 447 g/mol. The lowest BCUT2D eigenvalue weighted by molar-refractivity contribution is 0.268. The number of terminal acetylenes is 1. The van der Waals surface area contributed by atoms with Gasteiger partial charge >= 0.3 is 6.72 Å². The lowest BCUT2D eigenvalue weighted by Crippen LogP contribution is -2.07. The van der Waals surface area contributed by atoms with Crippen molar-refractivity contribution in [3.05, 3.63) is 45.9 Å². The van der Waals surface area contributed by atoms with Gasteiger partial charge in [-0.1, -0.05) is 35.3 Å². The number of hydrogen-bond donors (Lipinski definition) is 0. The van der Waals surface area contributed by atoms with Gasteiger partial charge in [0, 0.05) is 54.3 Å². The number of hydrogen-bond acceptors (Lipinski definition) is 7. The molecule has 0 fully saturated rings. The second-order valence-electron chi connectivity index (χ2n) is 5.15. The third-order valence-electron chi connectivity index (χ3n) is 3.50. The molecule has 0 aliphatic heterocycles. The Bertz CT molecular complexity index is 896. The summed E-state index contributed by atoms with van der Waals surface area (Å²) in [5.74, 6) is 2.62. The summed E-state index contributed by atoms with van der Waals surface area (Å²) in [7, 11) is 2.78. The first-order valence-electron chi connectivity index (χ1n) is 7.61. The van der Waals surface area contributed by atoms with Crippen molar-refractivity contribution < 1.29 is 18.0 Å². The van der Waals surface area contributed by atoms with Gasteiger partial charge in [0.2, 0.25) is 5.88 Å². The van der Waals surface area contributed by atoms with Crippen molar-refractivity contribution in [2.24, 2.45) is 0 Å².